The number of hydrogen-bond donors (Lipinski definition) is 5. The summed E-state index contributed by atoms with van der Waals surface area (Å²) in [5.41, 5.74) is -1.42. The number of aliphatic carboxylic acids is 1. The van der Waals surface area contributed by atoms with Gasteiger partial charge in [0, 0.05) is 29.5 Å². The number of benzene rings is 2. The Hall–Kier alpha value is -3.31. The minimum absolute atomic E-state index is 0.00212. The average molecular weight is 501 g/mol. The number of aliphatic hydroxyl groups is 3. The van der Waals surface area contributed by atoms with Crippen LogP contribution in [0.2, 0.25) is 0 Å². The summed E-state index contributed by atoms with van der Waals surface area (Å²) in [5.74, 6) is -2.81. The van der Waals surface area contributed by atoms with Gasteiger partial charge < -0.3 is 35.0 Å². The topological polar surface area (TPSA) is 171 Å². The van der Waals surface area contributed by atoms with Crippen molar-refractivity contribution < 1.29 is 49.4 Å². The molecule has 0 aromatic heterocycles. The van der Waals surface area contributed by atoms with Gasteiger partial charge in [-0.05, 0) is 31.5 Å². The lowest BCUT2D eigenvalue weighted by molar-refractivity contribution is -0.163. The summed E-state index contributed by atoms with van der Waals surface area (Å²) in [5, 5.41) is 50.5. The van der Waals surface area contributed by atoms with E-state index in [2.05, 4.69) is 0 Å². The molecular weight excluding hydrogens is 472 g/mol. The molecule has 5 atom stereocenters. The number of carboxylic acid groups (broad SMARTS) is 1. The number of rotatable bonds is 6. The third-order valence-electron chi connectivity index (χ3n) is 6.76. The Balaban J connectivity index is 1.77. The minimum atomic E-state index is -1.69. The van der Waals surface area contributed by atoms with Crippen molar-refractivity contribution in [1.29, 1.82) is 0 Å². The first-order valence-corrected chi connectivity index (χ1v) is 11.5. The maximum absolute atomic E-state index is 13.5. The molecule has 1 unspecified atom stereocenters. The SMILES string of the molecule is COc1c([C@H]2C[C@@H](O)[C@@H](O)[C@@H](C)O2)ccc2c1C(=O)c1ccc(CC(C)(O)CC(=O)O)c(O)c1C2=O. The fraction of sp³-hybridized carbons (Fsp3) is 0.423. The van der Waals surface area contributed by atoms with E-state index in [1.165, 1.54) is 32.2 Å². The smallest absolute Gasteiger partial charge is 0.306 e. The Kier molecular flexibility index (Phi) is 6.65. The van der Waals surface area contributed by atoms with Gasteiger partial charge in [-0.25, -0.2) is 0 Å². The van der Waals surface area contributed by atoms with Crippen LogP contribution >= 0.6 is 0 Å². The van der Waals surface area contributed by atoms with Crippen LogP contribution in [0.3, 0.4) is 0 Å². The molecule has 1 aliphatic heterocycles. The molecule has 2 aliphatic rings. The van der Waals surface area contributed by atoms with E-state index in [-0.39, 0.29) is 46.4 Å². The molecule has 0 radical (unpaired) electrons. The van der Waals surface area contributed by atoms with E-state index in [1.54, 1.807) is 13.0 Å². The number of carbonyl (C=O) groups is 3. The fourth-order valence-corrected chi connectivity index (χ4v) is 5.02. The molecule has 0 bridgehead atoms. The Bertz CT molecular complexity index is 1240. The molecular formula is C26H28O10. The Morgan fingerprint density at radius 3 is 2.33 bits per heavy atom. The minimum Gasteiger partial charge on any atom is -0.507 e. The lowest BCUT2D eigenvalue weighted by atomic mass is 9.79. The van der Waals surface area contributed by atoms with Crippen LogP contribution in [0, 0.1) is 0 Å². The number of carboxylic acids is 1. The van der Waals surface area contributed by atoms with Crippen molar-refractivity contribution >= 4 is 17.5 Å². The molecule has 4 rings (SSSR count). The number of hydrogen-bond acceptors (Lipinski definition) is 9. The van der Waals surface area contributed by atoms with E-state index in [0.29, 0.717) is 5.56 Å². The van der Waals surface area contributed by atoms with E-state index in [4.69, 9.17) is 14.6 Å². The number of aromatic hydroxyl groups is 1. The number of ether oxygens (including phenoxy) is 2. The second-order valence-corrected chi connectivity index (χ2v) is 9.63. The number of carbonyl (C=O) groups excluding carboxylic acids is 2. The van der Waals surface area contributed by atoms with Gasteiger partial charge in [0.15, 0.2) is 11.6 Å². The first kappa shape index (κ1) is 25.8. The van der Waals surface area contributed by atoms with Gasteiger partial charge in [-0.2, -0.15) is 0 Å². The second kappa shape index (κ2) is 9.29. The average Bonchev–Trinajstić information content (AvgIpc) is 2.79. The maximum Gasteiger partial charge on any atom is 0.306 e. The summed E-state index contributed by atoms with van der Waals surface area (Å²) >= 11 is 0. The van der Waals surface area contributed by atoms with Crippen LogP contribution in [0.4, 0.5) is 0 Å². The number of phenolic OH excluding ortho intramolecular Hbond substituents is 1. The summed E-state index contributed by atoms with van der Waals surface area (Å²) in [6.07, 6.45) is -4.26. The molecule has 0 amide bonds. The monoisotopic (exact) mass is 500 g/mol. The number of fused-ring (bicyclic) bond motifs is 2. The van der Waals surface area contributed by atoms with Crippen LogP contribution in [0.1, 0.15) is 75.8 Å². The molecule has 1 saturated heterocycles. The highest BCUT2D eigenvalue weighted by Crippen LogP contribution is 2.44. The summed E-state index contributed by atoms with van der Waals surface area (Å²) < 4.78 is 11.4. The highest BCUT2D eigenvalue weighted by Gasteiger charge is 2.40. The first-order valence-electron chi connectivity index (χ1n) is 11.5. The largest absolute Gasteiger partial charge is 0.507 e. The molecule has 1 fully saturated rings. The van der Waals surface area contributed by atoms with Gasteiger partial charge in [0.2, 0.25) is 0 Å². The predicted molar refractivity (Wildman–Crippen MR) is 124 cm³/mol. The third kappa shape index (κ3) is 4.37. The summed E-state index contributed by atoms with van der Waals surface area (Å²) in [4.78, 5) is 38.0. The maximum atomic E-state index is 13.5. The molecule has 0 spiro atoms. The van der Waals surface area contributed by atoms with Gasteiger partial charge in [0.05, 0.1) is 48.6 Å². The van der Waals surface area contributed by atoms with Gasteiger partial charge in [-0.1, -0.05) is 12.1 Å². The van der Waals surface area contributed by atoms with Gasteiger partial charge >= 0.3 is 5.97 Å². The summed E-state index contributed by atoms with van der Waals surface area (Å²) in [7, 11) is 1.34. The van der Waals surface area contributed by atoms with Gasteiger partial charge in [-0.3, -0.25) is 14.4 Å². The quantitative estimate of drug-likeness (QED) is 0.334. The van der Waals surface area contributed by atoms with Crippen molar-refractivity contribution in [2.24, 2.45) is 0 Å². The zero-order valence-corrected chi connectivity index (χ0v) is 20.0. The highest BCUT2D eigenvalue weighted by atomic mass is 16.5. The van der Waals surface area contributed by atoms with E-state index < -0.39 is 59.7 Å². The molecule has 2 aromatic rings. The Morgan fingerprint density at radius 2 is 1.72 bits per heavy atom. The number of phenols is 1. The summed E-state index contributed by atoms with van der Waals surface area (Å²) in [6.45, 7) is 2.92. The third-order valence-corrected chi connectivity index (χ3v) is 6.76. The molecule has 10 heteroatoms. The molecule has 192 valence electrons. The van der Waals surface area contributed by atoms with Crippen molar-refractivity contribution in [3.8, 4) is 11.5 Å². The molecule has 1 aliphatic carbocycles. The van der Waals surface area contributed by atoms with Crippen molar-refractivity contribution in [3.05, 3.63) is 57.6 Å². The molecule has 1 heterocycles. The zero-order chi connectivity index (χ0) is 26.5. The standard InChI is InChI=1S/C26H28O10/c1-11-21(30)16(27)8-17(36-11)13-6-7-15-20(25(13)35-3)24(33)14-5-4-12(22(31)19(14)23(15)32)9-26(2,34)10-18(28)29/h4-7,11,16-17,21,27,30-31,34H,8-10H2,1-3H3,(H,28,29)/t11-,16-,17-,21+,26?/m1/s1. The predicted octanol–water partition coefficient (Wildman–Crippen LogP) is 1.52. The van der Waals surface area contributed by atoms with Gasteiger partial charge in [0.25, 0.3) is 0 Å². The lowest BCUT2D eigenvalue weighted by Crippen LogP contribution is -2.44. The second-order valence-electron chi connectivity index (χ2n) is 9.63. The number of ketones is 2. The fourth-order valence-electron chi connectivity index (χ4n) is 5.02. The van der Waals surface area contributed by atoms with Crippen LogP contribution in [-0.2, 0) is 16.0 Å². The normalized spacial score (nSPS) is 25.1. The van der Waals surface area contributed by atoms with Crippen LogP contribution in [-0.4, -0.2) is 74.1 Å². The Labute approximate surface area is 206 Å². The van der Waals surface area contributed by atoms with E-state index in [9.17, 15) is 34.8 Å². The molecule has 36 heavy (non-hydrogen) atoms. The molecule has 0 saturated carbocycles. The number of aliphatic hydroxyl groups excluding tert-OH is 2. The lowest BCUT2D eigenvalue weighted by Gasteiger charge is -2.36. The van der Waals surface area contributed by atoms with Crippen molar-refractivity contribution in [2.45, 2.75) is 63.1 Å². The molecule has 5 N–H and O–H groups in total. The molecule has 2 aromatic carbocycles. The van der Waals surface area contributed by atoms with Crippen molar-refractivity contribution in [3.63, 3.8) is 0 Å². The van der Waals surface area contributed by atoms with Gasteiger partial charge in [-0.15, -0.1) is 0 Å². The zero-order valence-electron chi connectivity index (χ0n) is 20.0. The van der Waals surface area contributed by atoms with E-state index >= 15 is 0 Å². The van der Waals surface area contributed by atoms with Gasteiger partial charge in [0.1, 0.15) is 17.6 Å². The Morgan fingerprint density at radius 1 is 1.11 bits per heavy atom. The van der Waals surface area contributed by atoms with Crippen molar-refractivity contribution in [2.75, 3.05) is 7.11 Å². The first-order chi connectivity index (χ1) is 16.9. The van der Waals surface area contributed by atoms with Crippen LogP contribution < -0.4 is 4.74 Å². The van der Waals surface area contributed by atoms with Crippen LogP contribution in [0.25, 0.3) is 0 Å². The van der Waals surface area contributed by atoms with Crippen molar-refractivity contribution in [1.82, 2.24) is 0 Å². The van der Waals surface area contributed by atoms with E-state index in [1.807, 2.05) is 0 Å². The summed E-state index contributed by atoms with van der Waals surface area (Å²) in [6, 6.07) is 5.71. The van der Waals surface area contributed by atoms with E-state index in [0.717, 1.165) is 0 Å². The number of methoxy groups -OCH3 is 1. The highest BCUT2D eigenvalue weighted by molar-refractivity contribution is 6.30. The molecule has 10 nitrogen and oxygen atoms in total. The van der Waals surface area contributed by atoms with Crippen LogP contribution in [0.15, 0.2) is 24.3 Å². The van der Waals surface area contributed by atoms with Crippen LogP contribution in [0.5, 0.6) is 11.5 Å².